The number of methoxy groups -OCH3 is 1. The van der Waals surface area contributed by atoms with Crippen molar-refractivity contribution < 1.29 is 14.3 Å². The van der Waals surface area contributed by atoms with Crippen molar-refractivity contribution in [2.75, 3.05) is 26.8 Å². The molecular weight excluding hydrogens is 356 g/mol. The lowest BCUT2D eigenvalue weighted by Gasteiger charge is -2.31. The van der Waals surface area contributed by atoms with E-state index in [-0.39, 0.29) is 18.4 Å². The average Bonchev–Trinajstić information content (AvgIpc) is 3.08. The molecule has 2 aromatic rings. The van der Waals surface area contributed by atoms with Crippen LogP contribution in [0.4, 0.5) is 0 Å². The first-order chi connectivity index (χ1) is 13.6. The molecule has 1 aromatic heterocycles. The van der Waals surface area contributed by atoms with Gasteiger partial charge in [-0.1, -0.05) is 30.3 Å². The van der Waals surface area contributed by atoms with Crippen LogP contribution in [0.5, 0.6) is 0 Å². The summed E-state index contributed by atoms with van der Waals surface area (Å²) >= 11 is 0. The van der Waals surface area contributed by atoms with Gasteiger partial charge in [0.05, 0.1) is 11.3 Å². The highest BCUT2D eigenvalue weighted by Crippen LogP contribution is 2.23. The van der Waals surface area contributed by atoms with E-state index in [0.29, 0.717) is 18.0 Å². The molecule has 1 fully saturated rings. The van der Waals surface area contributed by atoms with Crippen LogP contribution in [0.1, 0.15) is 34.5 Å². The fraction of sp³-hybridized carbons (Fsp3) is 0.476. The van der Waals surface area contributed by atoms with Gasteiger partial charge in [0.25, 0.3) is 5.91 Å². The lowest BCUT2D eigenvalue weighted by molar-refractivity contribution is -0.136. The smallest absolute Gasteiger partial charge is 0.255 e. The zero-order chi connectivity index (χ0) is 19.9. The molecule has 0 spiro atoms. The summed E-state index contributed by atoms with van der Waals surface area (Å²) in [7, 11) is 3.37. The van der Waals surface area contributed by atoms with Crippen LogP contribution in [-0.2, 0) is 29.5 Å². The van der Waals surface area contributed by atoms with Crippen LogP contribution < -0.4 is 5.32 Å². The van der Waals surface area contributed by atoms with Crippen molar-refractivity contribution in [2.45, 2.75) is 25.8 Å². The molecule has 0 aliphatic carbocycles. The Kier molecular flexibility index (Phi) is 6.81. The van der Waals surface area contributed by atoms with Gasteiger partial charge < -0.3 is 15.0 Å². The molecule has 0 atom stereocenters. The summed E-state index contributed by atoms with van der Waals surface area (Å²) in [5, 5.41) is 7.50. The Morgan fingerprint density at radius 1 is 1.21 bits per heavy atom. The van der Waals surface area contributed by atoms with Crippen LogP contribution >= 0.6 is 0 Å². The second-order valence-corrected chi connectivity index (χ2v) is 7.29. The van der Waals surface area contributed by atoms with E-state index in [1.54, 1.807) is 10.9 Å². The Bertz CT molecular complexity index is 795. The summed E-state index contributed by atoms with van der Waals surface area (Å²) in [5.74, 6) is 0.363. The monoisotopic (exact) mass is 384 g/mol. The van der Waals surface area contributed by atoms with Gasteiger partial charge in [-0.3, -0.25) is 14.3 Å². The lowest BCUT2D eigenvalue weighted by Crippen LogP contribution is -2.40. The maximum absolute atomic E-state index is 12.7. The van der Waals surface area contributed by atoms with Gasteiger partial charge in [-0.15, -0.1) is 0 Å². The summed E-state index contributed by atoms with van der Waals surface area (Å²) < 4.78 is 6.63. The molecule has 0 unspecified atom stereocenters. The number of carbonyl (C=O) groups excluding carboxylic acids is 2. The Morgan fingerprint density at radius 3 is 2.61 bits per heavy atom. The zero-order valence-electron chi connectivity index (χ0n) is 16.6. The number of hydrogen-bond donors (Lipinski definition) is 1. The number of nitrogens with zero attached hydrogens (tertiary/aromatic N) is 3. The van der Waals surface area contributed by atoms with Crippen molar-refractivity contribution in [2.24, 2.45) is 13.0 Å². The number of hydrogen-bond acceptors (Lipinski definition) is 4. The van der Waals surface area contributed by atoms with E-state index >= 15 is 0 Å². The third-order valence-electron chi connectivity index (χ3n) is 5.16. The van der Waals surface area contributed by atoms with Crippen molar-refractivity contribution in [1.29, 1.82) is 0 Å². The average molecular weight is 384 g/mol. The molecule has 2 heterocycles. The fourth-order valence-electron chi connectivity index (χ4n) is 3.62. The molecule has 3 rings (SSSR count). The molecule has 1 aliphatic heterocycles. The van der Waals surface area contributed by atoms with Gasteiger partial charge in [0.15, 0.2) is 0 Å². The predicted molar refractivity (Wildman–Crippen MR) is 106 cm³/mol. The Balaban J connectivity index is 1.57. The van der Waals surface area contributed by atoms with E-state index < -0.39 is 0 Å². The molecule has 2 amide bonds. The first-order valence-corrected chi connectivity index (χ1v) is 9.68. The minimum absolute atomic E-state index is 0.0414. The highest BCUT2D eigenvalue weighted by Gasteiger charge is 2.25. The van der Waals surface area contributed by atoms with E-state index in [1.807, 2.05) is 42.3 Å². The Morgan fingerprint density at radius 2 is 1.93 bits per heavy atom. The fourth-order valence-corrected chi connectivity index (χ4v) is 3.62. The molecule has 1 saturated heterocycles. The highest BCUT2D eigenvalue weighted by molar-refractivity contribution is 5.95. The van der Waals surface area contributed by atoms with E-state index in [1.165, 1.54) is 7.11 Å². The lowest BCUT2D eigenvalue weighted by atomic mass is 9.91. The number of piperidine rings is 1. The van der Waals surface area contributed by atoms with Crippen LogP contribution in [-0.4, -0.2) is 53.3 Å². The zero-order valence-corrected chi connectivity index (χ0v) is 16.6. The maximum Gasteiger partial charge on any atom is 0.255 e. The van der Waals surface area contributed by atoms with Gasteiger partial charge >= 0.3 is 0 Å². The van der Waals surface area contributed by atoms with Crippen LogP contribution in [0.25, 0.3) is 0 Å². The second kappa shape index (κ2) is 9.50. The molecule has 7 nitrogen and oxygen atoms in total. The standard InChI is InChI=1S/C21H28N4O3/c1-24-14-18(21(27)22-13-17-6-4-3-5-7-17)19(23-24)12-16-8-10-25(11-9-16)20(26)15-28-2/h3-7,14,16H,8-13,15H2,1-2H3,(H,22,27). The van der Waals surface area contributed by atoms with Crippen LogP contribution in [0.2, 0.25) is 0 Å². The van der Waals surface area contributed by atoms with Crippen molar-refractivity contribution in [1.82, 2.24) is 20.0 Å². The third-order valence-corrected chi connectivity index (χ3v) is 5.16. The van der Waals surface area contributed by atoms with Gasteiger partial charge in [0.2, 0.25) is 5.91 Å². The number of ether oxygens (including phenoxy) is 1. The van der Waals surface area contributed by atoms with E-state index in [0.717, 1.165) is 43.6 Å². The Labute approximate surface area is 165 Å². The number of likely N-dealkylation sites (tertiary alicyclic amines) is 1. The number of nitrogens with one attached hydrogen (secondary N) is 1. The Hall–Kier alpha value is -2.67. The summed E-state index contributed by atoms with van der Waals surface area (Å²) in [6.45, 7) is 2.09. The number of carbonyl (C=O) groups is 2. The number of aryl methyl sites for hydroxylation is 1. The minimum atomic E-state index is -0.0975. The predicted octanol–water partition coefficient (Wildman–Crippen LogP) is 1.78. The maximum atomic E-state index is 12.7. The molecule has 1 aromatic carbocycles. The topological polar surface area (TPSA) is 76.5 Å². The summed E-state index contributed by atoms with van der Waals surface area (Å²) in [4.78, 5) is 26.5. The van der Waals surface area contributed by atoms with Crippen molar-refractivity contribution in [3.05, 3.63) is 53.3 Å². The molecule has 0 radical (unpaired) electrons. The molecule has 0 bridgehead atoms. The van der Waals surface area contributed by atoms with Crippen LogP contribution in [0.3, 0.4) is 0 Å². The van der Waals surface area contributed by atoms with E-state index in [4.69, 9.17) is 4.74 Å². The quantitative estimate of drug-likeness (QED) is 0.789. The molecule has 0 saturated carbocycles. The van der Waals surface area contributed by atoms with Crippen LogP contribution in [0.15, 0.2) is 36.5 Å². The number of benzene rings is 1. The summed E-state index contributed by atoms with van der Waals surface area (Å²) in [5.41, 5.74) is 2.53. The van der Waals surface area contributed by atoms with Gasteiger partial charge in [0.1, 0.15) is 6.61 Å². The molecule has 28 heavy (non-hydrogen) atoms. The number of amides is 2. The summed E-state index contributed by atoms with van der Waals surface area (Å²) in [6, 6.07) is 9.85. The third kappa shape index (κ3) is 5.19. The SMILES string of the molecule is COCC(=O)N1CCC(Cc2nn(C)cc2C(=O)NCc2ccccc2)CC1. The molecule has 1 aliphatic rings. The van der Waals surface area contributed by atoms with E-state index in [9.17, 15) is 9.59 Å². The van der Waals surface area contributed by atoms with Gasteiger partial charge in [-0.25, -0.2) is 0 Å². The van der Waals surface area contributed by atoms with Gasteiger partial charge in [-0.05, 0) is 30.7 Å². The van der Waals surface area contributed by atoms with Crippen LogP contribution in [0, 0.1) is 5.92 Å². The largest absolute Gasteiger partial charge is 0.375 e. The second-order valence-electron chi connectivity index (χ2n) is 7.29. The molecule has 150 valence electrons. The first kappa shape index (κ1) is 20.1. The van der Waals surface area contributed by atoms with Crippen molar-refractivity contribution in [3.63, 3.8) is 0 Å². The molecular formula is C21H28N4O3. The molecule has 7 heteroatoms. The number of rotatable bonds is 7. The highest BCUT2D eigenvalue weighted by atomic mass is 16.5. The number of aromatic nitrogens is 2. The minimum Gasteiger partial charge on any atom is -0.375 e. The van der Waals surface area contributed by atoms with Gasteiger partial charge in [-0.2, -0.15) is 5.10 Å². The summed E-state index contributed by atoms with van der Waals surface area (Å²) in [6.07, 6.45) is 4.36. The normalized spacial score (nSPS) is 14.9. The molecule has 1 N–H and O–H groups in total. The first-order valence-electron chi connectivity index (χ1n) is 9.68. The van der Waals surface area contributed by atoms with Crippen molar-refractivity contribution in [3.8, 4) is 0 Å². The van der Waals surface area contributed by atoms with Crippen molar-refractivity contribution >= 4 is 11.8 Å². The van der Waals surface area contributed by atoms with E-state index in [2.05, 4.69) is 10.4 Å². The van der Waals surface area contributed by atoms with Gasteiger partial charge in [0, 0.05) is 40.0 Å².